The first-order valence-electron chi connectivity index (χ1n) is 7.41. The first-order chi connectivity index (χ1) is 9.83. The third-order valence-corrected chi connectivity index (χ3v) is 4.13. The molecule has 2 aromatic carbocycles. The van der Waals surface area contributed by atoms with E-state index in [4.69, 9.17) is 5.73 Å². The lowest BCUT2D eigenvalue weighted by atomic mass is 9.92. The second-order valence-corrected chi connectivity index (χ2v) is 5.68. The average Bonchev–Trinajstić information content (AvgIpc) is 2.49. The van der Waals surface area contributed by atoms with Gasteiger partial charge in [0.2, 0.25) is 0 Å². The van der Waals surface area contributed by atoms with E-state index in [1.807, 2.05) is 0 Å². The summed E-state index contributed by atoms with van der Waals surface area (Å²) >= 11 is 0. The van der Waals surface area contributed by atoms with Crippen LogP contribution in [0.25, 0.3) is 0 Å². The SMILES string of the molecule is N[C@@H]1CC[C@@H](c2ccccc2)N(Cc2ccccc2)C1. The van der Waals surface area contributed by atoms with Crippen LogP contribution in [0.3, 0.4) is 0 Å². The molecule has 2 heteroatoms. The van der Waals surface area contributed by atoms with Gasteiger partial charge in [0.05, 0.1) is 0 Å². The lowest BCUT2D eigenvalue weighted by Crippen LogP contribution is -2.44. The Kier molecular flexibility index (Phi) is 4.14. The zero-order valence-electron chi connectivity index (χ0n) is 11.8. The van der Waals surface area contributed by atoms with Crippen LogP contribution in [-0.4, -0.2) is 17.5 Å². The highest BCUT2D eigenvalue weighted by Crippen LogP contribution is 2.31. The fourth-order valence-corrected chi connectivity index (χ4v) is 3.12. The molecular formula is C18H22N2. The van der Waals surface area contributed by atoms with Crippen LogP contribution in [0.2, 0.25) is 0 Å². The van der Waals surface area contributed by atoms with Crippen LogP contribution in [0.15, 0.2) is 60.7 Å². The van der Waals surface area contributed by atoms with Crippen molar-refractivity contribution >= 4 is 0 Å². The number of hydrogen-bond donors (Lipinski definition) is 1. The molecule has 0 saturated carbocycles. The van der Waals surface area contributed by atoms with Crippen LogP contribution >= 0.6 is 0 Å². The second-order valence-electron chi connectivity index (χ2n) is 5.68. The van der Waals surface area contributed by atoms with Gasteiger partial charge in [-0.05, 0) is 24.0 Å². The summed E-state index contributed by atoms with van der Waals surface area (Å²) in [7, 11) is 0. The molecule has 0 aliphatic carbocycles. The Balaban J connectivity index is 1.80. The van der Waals surface area contributed by atoms with Crippen LogP contribution in [0.4, 0.5) is 0 Å². The Labute approximate surface area is 121 Å². The number of rotatable bonds is 3. The van der Waals surface area contributed by atoms with E-state index < -0.39 is 0 Å². The first kappa shape index (κ1) is 13.3. The van der Waals surface area contributed by atoms with Crippen LogP contribution < -0.4 is 5.73 Å². The normalized spacial score (nSPS) is 23.6. The number of hydrogen-bond acceptors (Lipinski definition) is 2. The number of nitrogens with two attached hydrogens (primary N) is 1. The van der Waals surface area contributed by atoms with Crippen molar-refractivity contribution in [3.63, 3.8) is 0 Å². The highest BCUT2D eigenvalue weighted by molar-refractivity contribution is 5.21. The van der Waals surface area contributed by atoms with E-state index in [-0.39, 0.29) is 0 Å². The maximum Gasteiger partial charge on any atom is 0.0352 e. The molecule has 20 heavy (non-hydrogen) atoms. The van der Waals surface area contributed by atoms with Gasteiger partial charge in [0.1, 0.15) is 0 Å². The highest BCUT2D eigenvalue weighted by Gasteiger charge is 2.27. The molecule has 0 amide bonds. The number of piperidine rings is 1. The summed E-state index contributed by atoms with van der Waals surface area (Å²) in [5, 5.41) is 0. The van der Waals surface area contributed by atoms with E-state index in [1.165, 1.54) is 11.1 Å². The van der Waals surface area contributed by atoms with Gasteiger partial charge in [0.15, 0.2) is 0 Å². The summed E-state index contributed by atoms with van der Waals surface area (Å²) < 4.78 is 0. The van der Waals surface area contributed by atoms with Gasteiger partial charge in [0, 0.05) is 25.2 Å². The molecule has 1 saturated heterocycles. The zero-order chi connectivity index (χ0) is 13.8. The summed E-state index contributed by atoms with van der Waals surface area (Å²) in [6, 6.07) is 22.3. The summed E-state index contributed by atoms with van der Waals surface area (Å²) in [4.78, 5) is 2.53. The van der Waals surface area contributed by atoms with Crippen LogP contribution in [-0.2, 0) is 6.54 Å². The molecule has 1 aliphatic heterocycles. The Bertz CT molecular complexity index is 524. The van der Waals surface area contributed by atoms with E-state index in [0.717, 1.165) is 25.9 Å². The van der Waals surface area contributed by atoms with E-state index in [0.29, 0.717) is 12.1 Å². The number of benzene rings is 2. The van der Waals surface area contributed by atoms with Crippen LogP contribution in [0.5, 0.6) is 0 Å². The van der Waals surface area contributed by atoms with Gasteiger partial charge in [-0.2, -0.15) is 0 Å². The molecule has 1 fully saturated rings. The van der Waals surface area contributed by atoms with Crippen molar-refractivity contribution < 1.29 is 0 Å². The van der Waals surface area contributed by atoms with Crippen molar-refractivity contribution in [2.75, 3.05) is 6.54 Å². The molecule has 2 aromatic rings. The molecular weight excluding hydrogens is 244 g/mol. The molecule has 2 nitrogen and oxygen atoms in total. The van der Waals surface area contributed by atoms with Crippen LogP contribution in [0.1, 0.15) is 30.0 Å². The molecule has 0 bridgehead atoms. The van der Waals surface area contributed by atoms with E-state index in [2.05, 4.69) is 65.6 Å². The molecule has 0 unspecified atom stereocenters. The zero-order valence-corrected chi connectivity index (χ0v) is 11.8. The minimum absolute atomic E-state index is 0.304. The topological polar surface area (TPSA) is 29.3 Å². The second kappa shape index (κ2) is 6.21. The number of likely N-dealkylation sites (tertiary alicyclic amines) is 1. The van der Waals surface area contributed by atoms with Crippen molar-refractivity contribution in [3.05, 3.63) is 71.8 Å². The van der Waals surface area contributed by atoms with Gasteiger partial charge in [-0.25, -0.2) is 0 Å². The molecule has 1 heterocycles. The van der Waals surface area contributed by atoms with E-state index in [1.54, 1.807) is 0 Å². The first-order valence-corrected chi connectivity index (χ1v) is 7.41. The maximum absolute atomic E-state index is 6.18. The van der Waals surface area contributed by atoms with E-state index in [9.17, 15) is 0 Å². The minimum Gasteiger partial charge on any atom is -0.327 e. The molecule has 1 aliphatic rings. The Morgan fingerprint density at radius 2 is 1.55 bits per heavy atom. The van der Waals surface area contributed by atoms with Gasteiger partial charge in [-0.1, -0.05) is 60.7 Å². The summed E-state index contributed by atoms with van der Waals surface area (Å²) in [6.45, 7) is 1.96. The average molecular weight is 266 g/mol. The quantitative estimate of drug-likeness (QED) is 0.923. The summed E-state index contributed by atoms with van der Waals surface area (Å²) in [5.41, 5.74) is 8.95. The molecule has 3 rings (SSSR count). The van der Waals surface area contributed by atoms with Crippen molar-refractivity contribution in [2.45, 2.75) is 31.5 Å². The third-order valence-electron chi connectivity index (χ3n) is 4.13. The Morgan fingerprint density at radius 3 is 2.25 bits per heavy atom. The van der Waals surface area contributed by atoms with Crippen molar-refractivity contribution in [1.82, 2.24) is 4.90 Å². The molecule has 2 N–H and O–H groups in total. The summed E-state index contributed by atoms with van der Waals surface area (Å²) in [5.74, 6) is 0. The van der Waals surface area contributed by atoms with Crippen molar-refractivity contribution in [2.24, 2.45) is 5.73 Å². The van der Waals surface area contributed by atoms with Crippen LogP contribution in [0, 0.1) is 0 Å². The monoisotopic (exact) mass is 266 g/mol. The Hall–Kier alpha value is -1.64. The molecule has 0 spiro atoms. The van der Waals surface area contributed by atoms with Gasteiger partial charge in [-0.3, -0.25) is 4.90 Å². The maximum atomic E-state index is 6.18. The smallest absolute Gasteiger partial charge is 0.0352 e. The molecule has 2 atom stereocenters. The van der Waals surface area contributed by atoms with Crippen molar-refractivity contribution in [3.8, 4) is 0 Å². The van der Waals surface area contributed by atoms with Gasteiger partial charge < -0.3 is 5.73 Å². The predicted molar refractivity (Wildman–Crippen MR) is 83.2 cm³/mol. The third kappa shape index (κ3) is 3.09. The van der Waals surface area contributed by atoms with Crippen molar-refractivity contribution in [1.29, 1.82) is 0 Å². The number of nitrogens with zero attached hydrogens (tertiary/aromatic N) is 1. The Morgan fingerprint density at radius 1 is 0.900 bits per heavy atom. The summed E-state index contributed by atoms with van der Waals surface area (Å²) in [6.07, 6.45) is 2.27. The van der Waals surface area contributed by atoms with E-state index >= 15 is 0 Å². The van der Waals surface area contributed by atoms with Gasteiger partial charge >= 0.3 is 0 Å². The molecule has 0 aromatic heterocycles. The lowest BCUT2D eigenvalue weighted by Gasteiger charge is -2.39. The fourth-order valence-electron chi connectivity index (χ4n) is 3.12. The highest BCUT2D eigenvalue weighted by atomic mass is 15.2. The lowest BCUT2D eigenvalue weighted by molar-refractivity contribution is 0.126. The largest absolute Gasteiger partial charge is 0.327 e. The fraction of sp³-hybridized carbons (Fsp3) is 0.333. The standard InChI is InChI=1S/C18H22N2/c19-17-11-12-18(16-9-5-2-6-10-16)20(14-17)13-15-7-3-1-4-8-15/h1-10,17-18H,11-14,19H2/t17-,18+/m1/s1. The predicted octanol–water partition coefficient (Wildman–Crippen LogP) is 3.35. The molecule has 104 valence electrons. The van der Waals surface area contributed by atoms with Gasteiger partial charge in [0.25, 0.3) is 0 Å². The minimum atomic E-state index is 0.304. The van der Waals surface area contributed by atoms with Gasteiger partial charge in [-0.15, -0.1) is 0 Å². The molecule has 0 radical (unpaired) electrons.